The number of urea groups is 1. The van der Waals surface area contributed by atoms with Crippen molar-refractivity contribution in [2.24, 2.45) is 0 Å². The van der Waals surface area contributed by atoms with Gasteiger partial charge in [0.15, 0.2) is 0 Å². The number of nitrogens with zero attached hydrogens (tertiary/aromatic N) is 2. The predicted octanol–water partition coefficient (Wildman–Crippen LogP) is 4.86. The lowest BCUT2D eigenvalue weighted by atomic mass is 10.1. The van der Waals surface area contributed by atoms with Crippen molar-refractivity contribution in [3.05, 3.63) is 83.7 Å². The molecule has 3 aromatic rings. The molecule has 2 heterocycles. The van der Waals surface area contributed by atoms with Crippen LogP contribution in [-0.4, -0.2) is 15.5 Å². The summed E-state index contributed by atoms with van der Waals surface area (Å²) in [6.07, 6.45) is 1.96. The van der Waals surface area contributed by atoms with Crippen LogP contribution in [0.1, 0.15) is 24.2 Å². The van der Waals surface area contributed by atoms with E-state index in [2.05, 4.69) is 9.88 Å². The van der Waals surface area contributed by atoms with Gasteiger partial charge in [-0.25, -0.2) is 13.6 Å². The van der Waals surface area contributed by atoms with Crippen molar-refractivity contribution in [2.45, 2.75) is 19.5 Å². The van der Waals surface area contributed by atoms with Crippen LogP contribution in [0.5, 0.6) is 0 Å². The fourth-order valence-electron chi connectivity index (χ4n) is 3.34. The van der Waals surface area contributed by atoms with Crippen LogP contribution in [0.25, 0.3) is 5.69 Å². The molecule has 132 valence electrons. The molecule has 1 unspecified atom stereocenters. The SMILES string of the molecule is CC1c2cccn2-c2ccccc2CN1C(=O)Nc1cc(F)ccc1F. The van der Waals surface area contributed by atoms with Crippen LogP contribution < -0.4 is 5.32 Å². The normalized spacial score (nSPS) is 15.8. The summed E-state index contributed by atoms with van der Waals surface area (Å²) in [5.74, 6) is -1.28. The van der Waals surface area contributed by atoms with Gasteiger partial charge in [-0.2, -0.15) is 0 Å². The molecule has 6 heteroatoms. The average Bonchev–Trinajstić information content (AvgIpc) is 3.08. The fraction of sp³-hybridized carbons (Fsp3) is 0.150. The van der Waals surface area contributed by atoms with Gasteiger partial charge in [0, 0.05) is 18.0 Å². The maximum absolute atomic E-state index is 13.9. The summed E-state index contributed by atoms with van der Waals surface area (Å²) in [5, 5.41) is 2.50. The summed E-state index contributed by atoms with van der Waals surface area (Å²) < 4.78 is 29.3. The van der Waals surface area contributed by atoms with E-state index in [-0.39, 0.29) is 11.7 Å². The Morgan fingerprint density at radius 2 is 1.92 bits per heavy atom. The summed E-state index contributed by atoms with van der Waals surface area (Å²) in [4.78, 5) is 14.5. The summed E-state index contributed by atoms with van der Waals surface area (Å²) in [7, 11) is 0. The van der Waals surface area contributed by atoms with E-state index < -0.39 is 17.7 Å². The number of aromatic nitrogens is 1. The van der Waals surface area contributed by atoms with Crippen molar-refractivity contribution in [1.29, 1.82) is 0 Å². The van der Waals surface area contributed by atoms with E-state index in [1.807, 2.05) is 49.5 Å². The maximum atomic E-state index is 13.9. The molecule has 1 aliphatic rings. The molecule has 1 atom stereocenters. The average molecular weight is 353 g/mol. The van der Waals surface area contributed by atoms with Crippen LogP contribution in [0.4, 0.5) is 19.3 Å². The fourth-order valence-corrected chi connectivity index (χ4v) is 3.34. The molecule has 26 heavy (non-hydrogen) atoms. The smallest absolute Gasteiger partial charge is 0.318 e. The second kappa shape index (κ2) is 6.29. The standard InChI is InChI=1S/C20H17F2N3O/c1-13-18-7-4-10-24(18)19-6-3-2-5-14(19)12-25(13)20(26)23-17-11-15(21)8-9-16(17)22/h2-11,13H,12H2,1H3,(H,23,26). The monoisotopic (exact) mass is 353 g/mol. The van der Waals surface area contributed by atoms with E-state index in [9.17, 15) is 13.6 Å². The van der Waals surface area contributed by atoms with Gasteiger partial charge in [-0.05, 0) is 42.8 Å². The molecule has 0 saturated heterocycles. The molecule has 2 amide bonds. The second-order valence-corrected chi connectivity index (χ2v) is 6.29. The number of fused-ring (bicyclic) bond motifs is 3. The molecule has 4 rings (SSSR count). The Bertz CT molecular complexity index is 983. The molecule has 1 aromatic heterocycles. The van der Waals surface area contributed by atoms with Crippen LogP contribution in [-0.2, 0) is 6.54 Å². The van der Waals surface area contributed by atoms with Gasteiger partial charge < -0.3 is 14.8 Å². The molecular weight excluding hydrogens is 336 g/mol. The largest absolute Gasteiger partial charge is 0.322 e. The first kappa shape index (κ1) is 16.3. The number of carbonyl (C=O) groups excluding carboxylic acids is 1. The molecular formula is C20H17F2N3O. The second-order valence-electron chi connectivity index (χ2n) is 6.29. The lowest BCUT2D eigenvalue weighted by molar-refractivity contribution is 0.189. The minimum absolute atomic E-state index is 0.171. The molecule has 0 aliphatic carbocycles. The van der Waals surface area contributed by atoms with Crippen molar-refractivity contribution in [1.82, 2.24) is 9.47 Å². The maximum Gasteiger partial charge on any atom is 0.322 e. The van der Waals surface area contributed by atoms with Gasteiger partial charge in [-0.15, -0.1) is 0 Å². The number of hydrogen-bond acceptors (Lipinski definition) is 1. The topological polar surface area (TPSA) is 37.3 Å². The van der Waals surface area contributed by atoms with E-state index in [0.717, 1.165) is 35.1 Å². The van der Waals surface area contributed by atoms with Gasteiger partial charge in [-0.3, -0.25) is 0 Å². The first-order chi connectivity index (χ1) is 12.5. The highest BCUT2D eigenvalue weighted by molar-refractivity contribution is 5.90. The van der Waals surface area contributed by atoms with Crippen LogP contribution in [0.2, 0.25) is 0 Å². The molecule has 2 aromatic carbocycles. The van der Waals surface area contributed by atoms with Crippen LogP contribution in [0, 0.1) is 11.6 Å². The number of anilines is 1. The summed E-state index contributed by atoms with van der Waals surface area (Å²) in [6, 6.07) is 14.0. The van der Waals surface area contributed by atoms with Gasteiger partial charge in [-0.1, -0.05) is 18.2 Å². The quantitative estimate of drug-likeness (QED) is 0.666. The number of amides is 2. The Morgan fingerprint density at radius 1 is 1.12 bits per heavy atom. The number of benzene rings is 2. The lowest BCUT2D eigenvalue weighted by Crippen LogP contribution is -2.36. The van der Waals surface area contributed by atoms with Crippen LogP contribution in [0.3, 0.4) is 0 Å². The number of carbonyl (C=O) groups is 1. The number of para-hydroxylation sites is 1. The summed E-state index contributed by atoms with van der Waals surface area (Å²) in [6.45, 7) is 2.28. The van der Waals surface area contributed by atoms with Crippen molar-refractivity contribution >= 4 is 11.7 Å². The van der Waals surface area contributed by atoms with E-state index >= 15 is 0 Å². The van der Waals surface area contributed by atoms with Crippen molar-refractivity contribution in [3.8, 4) is 5.69 Å². The highest BCUT2D eigenvalue weighted by Crippen LogP contribution is 2.32. The van der Waals surface area contributed by atoms with Gasteiger partial charge in [0.25, 0.3) is 0 Å². The summed E-state index contributed by atoms with van der Waals surface area (Å²) in [5.41, 5.74) is 2.76. The number of hydrogen-bond donors (Lipinski definition) is 1. The zero-order valence-electron chi connectivity index (χ0n) is 14.1. The number of halogens is 2. The van der Waals surface area contributed by atoms with Crippen LogP contribution in [0.15, 0.2) is 60.8 Å². The zero-order chi connectivity index (χ0) is 18.3. The highest BCUT2D eigenvalue weighted by atomic mass is 19.1. The molecule has 0 spiro atoms. The molecule has 0 fully saturated rings. The third-order valence-electron chi connectivity index (χ3n) is 4.70. The Morgan fingerprint density at radius 3 is 2.77 bits per heavy atom. The Labute approximate surface area is 149 Å². The first-order valence-corrected chi connectivity index (χ1v) is 8.33. The highest BCUT2D eigenvalue weighted by Gasteiger charge is 2.29. The van der Waals surface area contributed by atoms with Crippen molar-refractivity contribution < 1.29 is 13.6 Å². The number of nitrogens with one attached hydrogen (secondary N) is 1. The van der Waals surface area contributed by atoms with Gasteiger partial charge in [0.2, 0.25) is 0 Å². The Balaban J connectivity index is 1.71. The van der Waals surface area contributed by atoms with E-state index in [1.54, 1.807) is 4.90 Å². The van der Waals surface area contributed by atoms with Gasteiger partial charge in [0.1, 0.15) is 11.6 Å². The summed E-state index contributed by atoms with van der Waals surface area (Å²) >= 11 is 0. The van der Waals surface area contributed by atoms with Gasteiger partial charge >= 0.3 is 6.03 Å². The molecule has 0 bridgehead atoms. The van der Waals surface area contributed by atoms with E-state index in [1.165, 1.54) is 0 Å². The third kappa shape index (κ3) is 2.73. The molecule has 1 N–H and O–H groups in total. The van der Waals surface area contributed by atoms with Gasteiger partial charge in [0.05, 0.1) is 24.0 Å². The minimum Gasteiger partial charge on any atom is -0.318 e. The zero-order valence-corrected chi connectivity index (χ0v) is 14.1. The third-order valence-corrected chi connectivity index (χ3v) is 4.70. The molecule has 0 radical (unpaired) electrons. The molecule has 1 aliphatic heterocycles. The first-order valence-electron chi connectivity index (χ1n) is 8.33. The van der Waals surface area contributed by atoms with E-state index in [4.69, 9.17) is 0 Å². The van der Waals surface area contributed by atoms with Crippen molar-refractivity contribution in [3.63, 3.8) is 0 Å². The van der Waals surface area contributed by atoms with Crippen molar-refractivity contribution in [2.75, 3.05) is 5.32 Å². The van der Waals surface area contributed by atoms with Crippen LogP contribution >= 0.6 is 0 Å². The lowest BCUT2D eigenvalue weighted by Gasteiger charge is -2.27. The Hall–Kier alpha value is -3.15. The van der Waals surface area contributed by atoms with E-state index in [0.29, 0.717) is 6.54 Å². The Kier molecular flexibility index (Phi) is 3.95. The minimum atomic E-state index is -0.675. The number of rotatable bonds is 1. The molecule has 4 nitrogen and oxygen atoms in total. The predicted molar refractivity (Wildman–Crippen MR) is 95.1 cm³/mol. The molecule has 0 saturated carbocycles.